The van der Waals surface area contributed by atoms with E-state index in [-0.39, 0.29) is 85.8 Å². The summed E-state index contributed by atoms with van der Waals surface area (Å²) in [6.07, 6.45) is 3.19. The van der Waals surface area contributed by atoms with Gasteiger partial charge in [0.1, 0.15) is 12.3 Å². The predicted molar refractivity (Wildman–Crippen MR) is 394 cm³/mol. The van der Waals surface area contributed by atoms with Crippen LogP contribution in [0, 0.1) is 0 Å². The number of anilines is 3. The van der Waals surface area contributed by atoms with E-state index in [4.69, 9.17) is 159 Å². The molecule has 7 aromatic carbocycles. The average Bonchev–Trinajstić information content (AvgIpc) is 0.804. The molecule has 12 rings (SSSR count). The van der Waals surface area contributed by atoms with Crippen molar-refractivity contribution < 1.29 is 38.9 Å². The Labute approximate surface area is 622 Å². The number of ketones is 2. The third-order valence-corrected chi connectivity index (χ3v) is 16.0. The van der Waals surface area contributed by atoms with Gasteiger partial charge in [-0.3, -0.25) is 19.2 Å². The molecule has 0 saturated heterocycles. The van der Waals surface area contributed by atoms with Crippen molar-refractivity contribution in [1.82, 2.24) is 30.6 Å². The van der Waals surface area contributed by atoms with Gasteiger partial charge >= 0.3 is 5.97 Å². The van der Waals surface area contributed by atoms with Gasteiger partial charge in [0.2, 0.25) is 11.8 Å². The molecule has 0 aliphatic carbocycles. The van der Waals surface area contributed by atoms with Gasteiger partial charge in [-0.15, -0.1) is 30.6 Å². The van der Waals surface area contributed by atoms with Gasteiger partial charge in [-0.05, 0) is 89.3 Å². The van der Waals surface area contributed by atoms with Crippen molar-refractivity contribution in [2.45, 2.75) is 39.0 Å². The lowest BCUT2D eigenvalue weighted by Gasteiger charge is -2.23. The first-order valence-corrected chi connectivity index (χ1v) is 32.9. The van der Waals surface area contributed by atoms with Gasteiger partial charge in [-0.25, -0.2) is 4.99 Å². The Bertz CT molecular complexity index is 4480. The highest BCUT2D eigenvalue weighted by atomic mass is 35.5. The third-order valence-electron chi connectivity index (χ3n) is 13.0. The number of hydrogen-bond donors (Lipinski definition) is 4. The molecule has 0 bridgehead atoms. The van der Waals surface area contributed by atoms with Crippen LogP contribution < -0.4 is 25.9 Å². The number of aromatic nitrogens is 6. The van der Waals surface area contributed by atoms with Crippen molar-refractivity contribution in [2.24, 2.45) is 10.1 Å². The summed E-state index contributed by atoms with van der Waals surface area (Å²) in [5.41, 5.74) is 18.8. The van der Waals surface area contributed by atoms with Crippen LogP contribution in [-0.4, -0.2) is 82.4 Å². The molecule has 30 heteroatoms. The molecule has 3 aromatic heterocycles. The second kappa shape index (κ2) is 38.6. The van der Waals surface area contributed by atoms with E-state index in [0.717, 1.165) is 39.2 Å². The summed E-state index contributed by atoms with van der Waals surface area (Å²) in [4.78, 5) is 50.5. The summed E-state index contributed by atoms with van der Waals surface area (Å²) in [6.45, 7) is 1.50. The van der Waals surface area contributed by atoms with E-state index in [1.807, 2.05) is 109 Å². The number of halogens is 11. The number of phenolic OH excluding ortho intramolecular Hbond substituents is 1. The summed E-state index contributed by atoms with van der Waals surface area (Å²) in [6, 6.07) is 54.1. The van der Waals surface area contributed by atoms with E-state index in [9.17, 15) is 19.2 Å². The van der Waals surface area contributed by atoms with Crippen LogP contribution in [0.1, 0.15) is 46.7 Å². The molecule has 0 radical (unpaired) electrons. The number of Topliss-reactive ketones (excluding diaryl/α,β-unsaturated/α-hetero) is 2. The molecule has 0 unspecified atom stereocenters. The Kier molecular flexibility index (Phi) is 30.3. The van der Waals surface area contributed by atoms with Crippen molar-refractivity contribution in [2.75, 3.05) is 23.0 Å². The van der Waals surface area contributed by atoms with E-state index in [0.29, 0.717) is 71.3 Å². The lowest BCUT2D eigenvalue weighted by molar-refractivity contribution is -0.136. The quantitative estimate of drug-likeness (QED) is 0.0502. The van der Waals surface area contributed by atoms with Crippen LogP contribution >= 0.6 is 128 Å². The Balaban J connectivity index is 0.000000180. The Morgan fingerprint density at radius 3 is 1.40 bits per heavy atom. The Hall–Kier alpha value is -8.67. The number of carboxylic acids is 1. The number of nitrogens with two attached hydrogens (primary N) is 2. The van der Waals surface area contributed by atoms with Crippen LogP contribution in [-0.2, 0) is 44.9 Å². The van der Waals surface area contributed by atoms with Crippen LogP contribution in [0.15, 0.2) is 204 Å². The summed E-state index contributed by atoms with van der Waals surface area (Å²) in [5.74, 6) is -0.934. The molecule has 1 amide bonds. The van der Waals surface area contributed by atoms with Gasteiger partial charge < -0.3 is 31.2 Å². The zero-order chi connectivity index (χ0) is 71.7. The molecule has 19 nitrogen and oxygen atoms in total. The minimum atomic E-state index is -0.786. The van der Waals surface area contributed by atoms with Crippen molar-refractivity contribution >= 4 is 180 Å². The van der Waals surface area contributed by atoms with Crippen molar-refractivity contribution in [3.8, 4) is 23.1 Å². The molecule has 0 atom stereocenters. The molecule has 99 heavy (non-hydrogen) atoms. The number of phenols is 1. The van der Waals surface area contributed by atoms with Crippen LogP contribution in [0.5, 0.6) is 23.1 Å². The highest BCUT2D eigenvalue weighted by Crippen LogP contribution is 2.40. The minimum absolute atomic E-state index is 0.0361. The van der Waals surface area contributed by atoms with E-state index < -0.39 is 11.9 Å². The summed E-state index contributed by atoms with van der Waals surface area (Å²) in [7, 11) is 0. The number of carbonyl (C=O) groups excluding carboxylic acids is 3. The number of dihydropyridines is 1. The molecule has 10 aromatic rings. The van der Waals surface area contributed by atoms with E-state index in [1.54, 1.807) is 54.6 Å². The molecular weight excluding hydrogens is 1500 g/mol. The molecule has 0 spiro atoms. The lowest BCUT2D eigenvalue weighted by Crippen LogP contribution is -2.36. The van der Waals surface area contributed by atoms with E-state index >= 15 is 0 Å². The Morgan fingerprint density at radius 1 is 0.495 bits per heavy atom. The van der Waals surface area contributed by atoms with Gasteiger partial charge in [0.15, 0.2) is 54.6 Å². The van der Waals surface area contributed by atoms with Crippen LogP contribution in [0.2, 0.25) is 55.9 Å². The van der Waals surface area contributed by atoms with Gasteiger partial charge in [0.25, 0.3) is 5.91 Å². The summed E-state index contributed by atoms with van der Waals surface area (Å²) in [5, 5.41) is 47.7. The summed E-state index contributed by atoms with van der Waals surface area (Å²) < 4.78 is 11.5. The fraction of sp³-hybridized carbons (Fsp3) is 0.101. The molecule has 6 N–H and O–H groups in total. The number of rotatable bonds is 12. The number of carbonyl (C=O) groups is 4. The number of aliphatic imine (C=N–C) groups is 1. The average molecular weight is 1550 g/mol. The zero-order valence-corrected chi connectivity index (χ0v) is 59.6. The topological polar surface area (TPSA) is 285 Å². The predicted octanol–water partition coefficient (Wildman–Crippen LogP) is 18.4. The summed E-state index contributed by atoms with van der Waals surface area (Å²) >= 11 is 64.6. The van der Waals surface area contributed by atoms with Gasteiger partial charge in [-0.1, -0.05) is 249 Å². The largest absolute Gasteiger partial charge is 0.505 e. The number of hydrazone groups is 1. The van der Waals surface area contributed by atoms with Gasteiger partial charge in [-0.2, -0.15) is 10.1 Å². The monoisotopic (exact) mass is 1550 g/mol. The highest BCUT2D eigenvalue weighted by Gasteiger charge is 2.28. The van der Waals surface area contributed by atoms with Crippen molar-refractivity contribution in [3.63, 3.8) is 0 Å². The van der Waals surface area contributed by atoms with Crippen LogP contribution in [0.3, 0.4) is 0 Å². The van der Waals surface area contributed by atoms with Crippen LogP contribution in [0.25, 0.3) is 0 Å². The molecule has 0 saturated carbocycles. The van der Waals surface area contributed by atoms with E-state index in [2.05, 4.69) is 40.7 Å². The molecule has 5 heterocycles. The second-order valence-electron chi connectivity index (χ2n) is 20.5. The fourth-order valence-electron chi connectivity index (χ4n) is 8.38. The standard InChI is InChI=1S/C23H17Cl2N3O4.C17H12Cl3N3O.C11H8Cl2N2.C8H8O2.C6H5Cl2NO.C4H2Cl2N2/c1-13-19(29)11-22(31)28(27-13)16-9-17(24)23(18(25)10-16)32-21-8-15(20(30)12-26-21)7-14-5-3-2-4-6-14;18-13-8-12(21)9-14(19)16(13)24-15-7-11(17(20)23-22-15)6-10-4-2-1-3-5-10;12-10-7-9(11(13)15-14-10)6-8-4-2-1-3-5-8;9-8(10)6-7-4-2-1-3-5-7;7-4-1-3(9)2-5(8)6(4)10;5-3-1-2-4(6)8-7-3/h2-6,8-10H,7,11-12H2,1H3;1-5,7-9H,6,21H2;1-5,7H,6H2;1-5H,6H2,(H,9,10);1-2,10H,9H2;1-2H. The van der Waals surface area contributed by atoms with Gasteiger partial charge in [0.05, 0.1) is 48.7 Å². The number of aliphatic carboxylic acids is 1. The highest BCUT2D eigenvalue weighted by molar-refractivity contribution is 6.45. The number of aromatic hydroxyl groups is 1. The SMILES string of the molecule is CC1=NN(c2cc(Cl)c(OC3=NCC(=O)C(Cc4ccccc4)=C3)c(Cl)c2)C(=O)CC1=O.Clc1cc(Cc2ccccc2)c(Cl)nn1.Clc1ccc(Cl)nn1.Nc1cc(Cl)c(O)c(Cl)c1.Nc1cc(Cl)c(Oc2cc(Cc3ccccc3)c(Cl)nn2)c(Cl)c1.O=C(O)Cc1ccccc1. The molecule has 0 fully saturated rings. The first-order chi connectivity index (χ1) is 47.3. The van der Waals surface area contributed by atoms with E-state index in [1.165, 1.54) is 36.8 Å². The second-order valence-corrected chi connectivity index (χ2v) is 24.9. The molecular formula is C69H52Cl11N11O8. The molecule has 2 aliphatic rings. The van der Waals surface area contributed by atoms with Crippen molar-refractivity contribution in [3.05, 3.63) is 283 Å². The normalized spacial score (nSPS) is 12.1. The lowest BCUT2D eigenvalue weighted by atomic mass is 10.00. The zero-order valence-electron chi connectivity index (χ0n) is 51.3. The number of benzene rings is 7. The maximum absolute atomic E-state index is 12.3. The Morgan fingerprint density at radius 2 is 0.919 bits per heavy atom. The number of nitrogens with zero attached hydrogens (tertiary/aromatic N) is 9. The first-order valence-electron chi connectivity index (χ1n) is 28.7. The molecule has 508 valence electrons. The van der Waals surface area contributed by atoms with Gasteiger partial charge in [0, 0.05) is 53.9 Å². The number of carboxylic acid groups (broad SMARTS) is 1. The maximum atomic E-state index is 12.3. The molecule has 2 aliphatic heterocycles. The van der Waals surface area contributed by atoms with Crippen molar-refractivity contribution in [1.29, 1.82) is 0 Å². The number of amides is 1. The third kappa shape index (κ3) is 25.2. The smallest absolute Gasteiger partial charge is 0.307 e. The van der Waals surface area contributed by atoms with Crippen LogP contribution in [0.4, 0.5) is 17.1 Å². The number of ether oxygens (including phenoxy) is 2. The first kappa shape index (κ1) is 77.7. The number of hydrogen-bond acceptors (Lipinski definition) is 17. The maximum Gasteiger partial charge on any atom is 0.307 e. The number of nitrogen functional groups attached to an aromatic ring is 2. The minimum Gasteiger partial charge on any atom is -0.505 e. The fourth-order valence-corrected chi connectivity index (χ4v) is 10.7.